The van der Waals surface area contributed by atoms with Crippen LogP contribution in [0.3, 0.4) is 0 Å². The number of para-hydroxylation sites is 1. The van der Waals surface area contributed by atoms with Crippen LogP contribution < -0.4 is 14.4 Å². The highest BCUT2D eigenvalue weighted by Crippen LogP contribution is 2.36. The molecule has 15 heteroatoms. The first-order valence-electron chi connectivity index (χ1n) is 12.0. The van der Waals surface area contributed by atoms with Gasteiger partial charge < -0.3 is 19.5 Å². The first-order valence-corrected chi connectivity index (χ1v) is 13.7. The lowest BCUT2D eigenvalue weighted by molar-refractivity contribution is 0.154. The molecule has 5 rings (SSSR count). The monoisotopic (exact) mass is 558 g/mol. The Morgan fingerprint density at radius 1 is 1.08 bits per heavy atom. The van der Waals surface area contributed by atoms with Crippen molar-refractivity contribution in [1.29, 1.82) is 0 Å². The van der Waals surface area contributed by atoms with Crippen molar-refractivity contribution in [2.24, 2.45) is 7.05 Å². The van der Waals surface area contributed by atoms with Crippen LogP contribution in [0.25, 0.3) is 17.2 Å². The summed E-state index contributed by atoms with van der Waals surface area (Å²) in [5.74, 6) is 0.265. The van der Waals surface area contributed by atoms with Crippen molar-refractivity contribution in [2.45, 2.75) is 23.5 Å². The van der Waals surface area contributed by atoms with E-state index >= 15 is 0 Å². The number of methoxy groups -OCH3 is 2. The zero-order valence-corrected chi connectivity index (χ0v) is 22.3. The molecule has 1 aliphatic heterocycles. The van der Waals surface area contributed by atoms with Gasteiger partial charge >= 0.3 is 0 Å². The number of piperidine rings is 1. The van der Waals surface area contributed by atoms with Crippen LogP contribution in [-0.2, 0) is 22.6 Å². The maximum atomic E-state index is 13.8. The van der Waals surface area contributed by atoms with Crippen LogP contribution in [0.5, 0.6) is 11.5 Å². The second-order valence-electron chi connectivity index (χ2n) is 9.09. The van der Waals surface area contributed by atoms with E-state index in [0.717, 1.165) is 12.4 Å². The highest BCUT2D eigenvalue weighted by molar-refractivity contribution is 7.91. The zero-order chi connectivity index (χ0) is 27.7. The van der Waals surface area contributed by atoms with Crippen LogP contribution in [0.15, 0.2) is 42.9 Å². The average Bonchev–Trinajstić information content (AvgIpc) is 3.53. The maximum absolute atomic E-state index is 13.8. The number of sulfone groups is 1. The fraction of sp³-hybridized carbons (Fsp3) is 0.375. The molecule has 4 aromatic rings. The van der Waals surface area contributed by atoms with Crippen LogP contribution in [0.1, 0.15) is 12.2 Å². The lowest BCUT2D eigenvalue weighted by Gasteiger charge is -2.35. The van der Waals surface area contributed by atoms with Crippen molar-refractivity contribution in [2.75, 3.05) is 32.2 Å². The molecule has 0 saturated carbocycles. The largest absolute Gasteiger partial charge is 0.494 e. The molecular weight excluding hydrogens is 531 g/mol. The Bertz CT molecular complexity index is 1550. The topological polar surface area (TPSA) is 150 Å². The molecule has 1 N–H and O–H groups in total. The van der Waals surface area contributed by atoms with E-state index in [4.69, 9.17) is 9.47 Å². The molecule has 206 valence electrons. The Morgan fingerprint density at radius 3 is 2.38 bits per heavy atom. The Balaban J connectivity index is 1.55. The average molecular weight is 559 g/mol. The van der Waals surface area contributed by atoms with Crippen LogP contribution in [-0.4, -0.2) is 86.7 Å². The molecular formula is C24H27FN8O5S. The third-order valence-corrected chi connectivity index (χ3v) is 8.43. The minimum absolute atomic E-state index is 0.0131. The van der Waals surface area contributed by atoms with E-state index < -0.39 is 32.8 Å². The third-order valence-electron chi connectivity index (χ3n) is 6.42. The Kier molecular flexibility index (Phi) is 7.18. The van der Waals surface area contributed by atoms with Crippen molar-refractivity contribution in [3.05, 3.63) is 54.5 Å². The van der Waals surface area contributed by atoms with Gasteiger partial charge in [0.2, 0.25) is 5.95 Å². The molecule has 0 aliphatic carbocycles. The Labute approximate surface area is 223 Å². The molecule has 0 bridgehead atoms. The number of anilines is 1. The normalized spacial score (nSPS) is 17.8. The minimum Gasteiger partial charge on any atom is -0.494 e. The molecule has 0 unspecified atom stereocenters. The number of rotatable bonds is 8. The van der Waals surface area contributed by atoms with Crippen molar-refractivity contribution >= 4 is 15.8 Å². The standard InChI is InChI=1S/C24H27FN8O5S/c1-31-8-7-18(30-31)23-29-28-21(33(23)22-19(37-2)5-4-6-20(22)38-3)14-39(35,36)17-9-16(34)12-32(13-17)24-26-10-15(25)11-27-24/h4-8,10-11,16-17,34H,9,12-14H2,1-3H3/t16-,17+/m0/s1. The molecule has 1 aromatic carbocycles. The zero-order valence-electron chi connectivity index (χ0n) is 21.5. The maximum Gasteiger partial charge on any atom is 0.225 e. The summed E-state index contributed by atoms with van der Waals surface area (Å²) in [4.78, 5) is 9.41. The van der Waals surface area contributed by atoms with Gasteiger partial charge in [-0.25, -0.2) is 22.8 Å². The van der Waals surface area contributed by atoms with E-state index in [-0.39, 0.29) is 31.3 Å². The minimum atomic E-state index is -3.91. The molecule has 2 atom stereocenters. The summed E-state index contributed by atoms with van der Waals surface area (Å²) in [7, 11) is 0.831. The number of benzene rings is 1. The van der Waals surface area contributed by atoms with Gasteiger partial charge in [0.25, 0.3) is 0 Å². The van der Waals surface area contributed by atoms with E-state index in [2.05, 4.69) is 25.3 Å². The summed E-state index contributed by atoms with van der Waals surface area (Å²) in [5.41, 5.74) is 0.887. The van der Waals surface area contributed by atoms with Crippen molar-refractivity contribution in [3.63, 3.8) is 0 Å². The second kappa shape index (κ2) is 10.6. The van der Waals surface area contributed by atoms with Gasteiger partial charge in [-0.3, -0.25) is 9.25 Å². The first kappa shape index (κ1) is 26.5. The van der Waals surface area contributed by atoms with Gasteiger partial charge in [-0.05, 0) is 24.6 Å². The lowest BCUT2D eigenvalue weighted by Crippen LogP contribution is -2.49. The van der Waals surface area contributed by atoms with Crippen molar-refractivity contribution in [1.82, 2.24) is 34.5 Å². The lowest BCUT2D eigenvalue weighted by atomic mass is 10.1. The van der Waals surface area contributed by atoms with E-state index in [1.807, 2.05) is 0 Å². The molecule has 13 nitrogen and oxygen atoms in total. The molecule has 1 aliphatic rings. The molecule has 1 fully saturated rings. The molecule has 1 saturated heterocycles. The van der Waals surface area contributed by atoms with Gasteiger partial charge in [0.05, 0.1) is 38.0 Å². The SMILES string of the molecule is COc1cccc(OC)c1-n1c(CS(=O)(=O)[C@@H]2C[C@H](O)CN(c3ncc(F)cn3)C2)nnc1-c1ccn(C)n1. The van der Waals surface area contributed by atoms with Gasteiger partial charge in [0.1, 0.15) is 28.6 Å². The third kappa shape index (κ3) is 5.27. The van der Waals surface area contributed by atoms with Crippen molar-refractivity contribution < 1.29 is 27.4 Å². The summed E-state index contributed by atoms with van der Waals surface area (Å²) in [6.07, 6.45) is 2.78. The van der Waals surface area contributed by atoms with Crippen LogP contribution >= 0.6 is 0 Å². The van der Waals surface area contributed by atoms with Crippen molar-refractivity contribution in [3.8, 4) is 28.7 Å². The molecule has 3 aromatic heterocycles. The van der Waals surface area contributed by atoms with Crippen LogP contribution in [0.4, 0.5) is 10.3 Å². The van der Waals surface area contributed by atoms with Gasteiger partial charge in [0.15, 0.2) is 27.3 Å². The fourth-order valence-electron chi connectivity index (χ4n) is 4.61. The van der Waals surface area contributed by atoms with Crippen LogP contribution in [0.2, 0.25) is 0 Å². The number of aliphatic hydroxyl groups excluding tert-OH is 1. The van der Waals surface area contributed by atoms with Gasteiger partial charge in [-0.1, -0.05) is 6.07 Å². The quantitative estimate of drug-likeness (QED) is 0.332. The summed E-state index contributed by atoms with van der Waals surface area (Å²) >= 11 is 0. The Morgan fingerprint density at radius 2 is 1.77 bits per heavy atom. The number of aryl methyl sites for hydroxylation is 1. The molecule has 4 heterocycles. The molecule has 0 spiro atoms. The number of ether oxygens (including phenoxy) is 2. The predicted octanol–water partition coefficient (Wildman–Crippen LogP) is 1.17. The highest BCUT2D eigenvalue weighted by Gasteiger charge is 2.37. The highest BCUT2D eigenvalue weighted by atomic mass is 32.2. The smallest absolute Gasteiger partial charge is 0.225 e. The summed E-state index contributed by atoms with van der Waals surface area (Å²) in [6.45, 7) is 0.139. The predicted molar refractivity (Wildman–Crippen MR) is 138 cm³/mol. The molecule has 0 radical (unpaired) electrons. The molecule has 39 heavy (non-hydrogen) atoms. The number of hydrogen-bond donors (Lipinski definition) is 1. The van der Waals surface area contributed by atoms with E-state index in [1.54, 1.807) is 46.8 Å². The van der Waals surface area contributed by atoms with Gasteiger partial charge in [-0.15, -0.1) is 10.2 Å². The van der Waals surface area contributed by atoms with Crippen LogP contribution in [0, 0.1) is 5.82 Å². The number of hydrogen-bond acceptors (Lipinski definition) is 11. The number of aromatic nitrogens is 7. The van der Waals surface area contributed by atoms with Gasteiger partial charge in [0, 0.05) is 26.3 Å². The van der Waals surface area contributed by atoms with E-state index in [1.165, 1.54) is 19.1 Å². The second-order valence-corrected chi connectivity index (χ2v) is 11.4. The Hall–Kier alpha value is -4.11. The van der Waals surface area contributed by atoms with Gasteiger partial charge in [-0.2, -0.15) is 5.10 Å². The number of aliphatic hydroxyl groups is 1. The fourth-order valence-corrected chi connectivity index (χ4v) is 6.32. The summed E-state index contributed by atoms with van der Waals surface area (Å²) < 4.78 is 55.2. The summed E-state index contributed by atoms with van der Waals surface area (Å²) in [5, 5.41) is 22.5. The molecule has 0 amide bonds. The van der Waals surface area contributed by atoms with E-state index in [0.29, 0.717) is 28.7 Å². The number of nitrogens with zero attached hydrogens (tertiary/aromatic N) is 8. The number of halogens is 1. The van der Waals surface area contributed by atoms with E-state index in [9.17, 15) is 17.9 Å². The summed E-state index contributed by atoms with van der Waals surface area (Å²) in [6, 6.07) is 6.92. The number of β-amino-alcohol motifs (C(OH)–C–C–N with tert-alkyl or cyclic N) is 1. The first-order chi connectivity index (χ1) is 18.7.